The summed E-state index contributed by atoms with van der Waals surface area (Å²) in [4.78, 5) is 0. The molecule has 0 nitrogen and oxygen atoms in total. The van der Waals surface area contributed by atoms with Crippen LogP contribution in [0.2, 0.25) is 0 Å². The number of hydrogen-bond donors (Lipinski definition) is 0. The van der Waals surface area contributed by atoms with Gasteiger partial charge in [-0.15, -0.1) is 0 Å². The quantitative estimate of drug-likeness (QED) is 0.588. The molecule has 1 aromatic carbocycles. The molecule has 0 aromatic heterocycles. The Balaban J connectivity index is 2.70. The molecule has 0 saturated carbocycles. The van der Waals surface area contributed by atoms with Crippen LogP contribution in [0.25, 0.3) is 6.08 Å². The molecule has 0 saturated heterocycles. The molecule has 0 aliphatic rings. The lowest BCUT2D eigenvalue weighted by Crippen LogP contribution is -1.69. The summed E-state index contributed by atoms with van der Waals surface area (Å²) in [7, 11) is 0. The van der Waals surface area contributed by atoms with Crippen LogP contribution in [-0.2, 0) is 0 Å². The highest BCUT2D eigenvalue weighted by Crippen LogP contribution is 2.03. The van der Waals surface area contributed by atoms with E-state index in [1.165, 1.54) is 5.56 Å². The van der Waals surface area contributed by atoms with Crippen molar-refractivity contribution in [2.45, 2.75) is 0 Å². The largest absolute Gasteiger partial charge is 0.0985 e. The summed E-state index contributed by atoms with van der Waals surface area (Å²) in [5.74, 6) is 0. The summed E-state index contributed by atoms with van der Waals surface area (Å²) >= 11 is 0. The van der Waals surface area contributed by atoms with Gasteiger partial charge in [0.1, 0.15) is 0 Å². The van der Waals surface area contributed by atoms with E-state index in [-0.39, 0.29) is 0 Å². The zero-order valence-corrected chi connectivity index (χ0v) is 7.03. The second kappa shape index (κ2) is 4.35. The van der Waals surface area contributed by atoms with Gasteiger partial charge in [-0.3, -0.25) is 0 Å². The van der Waals surface area contributed by atoms with Gasteiger partial charge in [0.15, 0.2) is 0 Å². The highest BCUT2D eigenvalue weighted by molar-refractivity contribution is 5.53. The first-order valence-electron chi connectivity index (χ1n) is 3.87. The van der Waals surface area contributed by atoms with E-state index >= 15 is 0 Å². The molecule has 1 aromatic rings. The SMILES string of the molecule is C=CC(=C)/C=C\c1ccccc1. The third-order valence-corrected chi connectivity index (χ3v) is 1.55. The van der Waals surface area contributed by atoms with Gasteiger partial charge in [-0.05, 0) is 11.1 Å². The lowest BCUT2D eigenvalue weighted by atomic mass is 10.2. The maximum Gasteiger partial charge on any atom is -0.0256 e. The summed E-state index contributed by atoms with van der Waals surface area (Å²) < 4.78 is 0. The molecule has 0 aliphatic carbocycles. The predicted octanol–water partition coefficient (Wildman–Crippen LogP) is 3.44. The Morgan fingerprint density at radius 1 is 1.17 bits per heavy atom. The van der Waals surface area contributed by atoms with Crippen molar-refractivity contribution in [1.82, 2.24) is 0 Å². The highest BCUT2D eigenvalue weighted by atomic mass is 13.9. The lowest BCUT2D eigenvalue weighted by Gasteiger charge is -1.90. The van der Waals surface area contributed by atoms with Crippen molar-refractivity contribution < 1.29 is 0 Å². The second-order valence-electron chi connectivity index (χ2n) is 2.52. The van der Waals surface area contributed by atoms with E-state index in [0.29, 0.717) is 0 Å². The maximum atomic E-state index is 3.78. The van der Waals surface area contributed by atoms with E-state index < -0.39 is 0 Å². The van der Waals surface area contributed by atoms with Crippen LogP contribution in [0.1, 0.15) is 5.56 Å². The first kappa shape index (κ1) is 8.54. The monoisotopic (exact) mass is 156 g/mol. The van der Waals surface area contributed by atoms with Crippen LogP contribution < -0.4 is 0 Å². The molecular formula is C12H12. The lowest BCUT2D eigenvalue weighted by molar-refractivity contribution is 1.65. The van der Waals surface area contributed by atoms with Crippen LogP contribution in [0.15, 0.2) is 61.2 Å². The van der Waals surface area contributed by atoms with Gasteiger partial charge in [0.2, 0.25) is 0 Å². The number of hydrogen-bond acceptors (Lipinski definition) is 0. The van der Waals surface area contributed by atoms with Crippen molar-refractivity contribution in [2.24, 2.45) is 0 Å². The van der Waals surface area contributed by atoms with Crippen molar-refractivity contribution in [2.75, 3.05) is 0 Å². The first-order chi connectivity index (χ1) is 5.83. The molecule has 0 radical (unpaired) electrons. The second-order valence-corrected chi connectivity index (χ2v) is 2.52. The number of rotatable bonds is 3. The molecule has 1 rings (SSSR count). The highest BCUT2D eigenvalue weighted by Gasteiger charge is 1.82. The Labute approximate surface area is 73.6 Å². The topological polar surface area (TPSA) is 0 Å². The van der Waals surface area contributed by atoms with Gasteiger partial charge in [-0.1, -0.05) is 61.7 Å². The fraction of sp³-hybridized carbons (Fsp3) is 0. The summed E-state index contributed by atoms with van der Waals surface area (Å²) in [5, 5.41) is 0. The van der Waals surface area contributed by atoms with Crippen LogP contribution in [-0.4, -0.2) is 0 Å². The smallest absolute Gasteiger partial charge is 0.0256 e. The number of allylic oxidation sites excluding steroid dienone is 3. The summed E-state index contributed by atoms with van der Waals surface area (Å²) in [6, 6.07) is 10.1. The van der Waals surface area contributed by atoms with E-state index in [2.05, 4.69) is 13.2 Å². The van der Waals surface area contributed by atoms with Crippen molar-refractivity contribution in [3.8, 4) is 0 Å². The van der Waals surface area contributed by atoms with Gasteiger partial charge in [0, 0.05) is 0 Å². The average Bonchev–Trinajstić information content (AvgIpc) is 2.16. The van der Waals surface area contributed by atoms with Gasteiger partial charge >= 0.3 is 0 Å². The minimum absolute atomic E-state index is 0.929. The van der Waals surface area contributed by atoms with Crippen LogP contribution in [0.3, 0.4) is 0 Å². The summed E-state index contributed by atoms with van der Waals surface area (Å²) in [6.07, 6.45) is 5.70. The third kappa shape index (κ3) is 2.59. The van der Waals surface area contributed by atoms with Crippen molar-refractivity contribution in [3.05, 3.63) is 66.8 Å². The van der Waals surface area contributed by atoms with Gasteiger partial charge < -0.3 is 0 Å². The third-order valence-electron chi connectivity index (χ3n) is 1.55. The summed E-state index contributed by atoms with van der Waals surface area (Å²) in [6.45, 7) is 7.41. The minimum atomic E-state index is 0.929. The van der Waals surface area contributed by atoms with Crippen molar-refractivity contribution >= 4 is 6.08 Å². The standard InChI is InChI=1S/C12H12/c1-3-11(2)9-10-12-7-5-4-6-8-12/h3-10H,1-2H2/b10-9-. The van der Waals surface area contributed by atoms with E-state index in [0.717, 1.165) is 5.57 Å². The summed E-state index contributed by atoms with van der Waals surface area (Å²) in [5.41, 5.74) is 2.11. The molecule has 0 spiro atoms. The molecule has 0 amide bonds. The molecule has 0 bridgehead atoms. The van der Waals surface area contributed by atoms with Gasteiger partial charge in [-0.25, -0.2) is 0 Å². The Morgan fingerprint density at radius 2 is 1.83 bits per heavy atom. The van der Waals surface area contributed by atoms with Gasteiger partial charge in [0.05, 0.1) is 0 Å². The molecule has 0 N–H and O–H groups in total. The van der Waals surface area contributed by atoms with Crippen molar-refractivity contribution in [1.29, 1.82) is 0 Å². The van der Waals surface area contributed by atoms with Gasteiger partial charge in [0.25, 0.3) is 0 Å². The fourth-order valence-corrected chi connectivity index (χ4v) is 0.835. The predicted molar refractivity (Wildman–Crippen MR) is 54.8 cm³/mol. The zero-order chi connectivity index (χ0) is 8.81. The Kier molecular flexibility index (Phi) is 3.09. The molecule has 0 atom stereocenters. The zero-order valence-electron chi connectivity index (χ0n) is 7.03. The fourth-order valence-electron chi connectivity index (χ4n) is 0.835. The normalized spacial score (nSPS) is 10.0. The van der Waals surface area contributed by atoms with Gasteiger partial charge in [-0.2, -0.15) is 0 Å². The van der Waals surface area contributed by atoms with Crippen LogP contribution >= 0.6 is 0 Å². The molecule has 0 heteroatoms. The number of benzene rings is 1. The van der Waals surface area contributed by atoms with Crippen LogP contribution in [0, 0.1) is 0 Å². The average molecular weight is 156 g/mol. The Hall–Kier alpha value is -1.56. The van der Waals surface area contributed by atoms with E-state index in [1.807, 2.05) is 42.5 Å². The van der Waals surface area contributed by atoms with Crippen LogP contribution in [0.4, 0.5) is 0 Å². The molecule has 0 fully saturated rings. The molecule has 0 heterocycles. The van der Waals surface area contributed by atoms with E-state index in [9.17, 15) is 0 Å². The Bertz CT molecular complexity index is 291. The maximum absolute atomic E-state index is 3.78. The Morgan fingerprint density at radius 3 is 2.42 bits per heavy atom. The molecule has 0 aliphatic heterocycles. The minimum Gasteiger partial charge on any atom is -0.0985 e. The van der Waals surface area contributed by atoms with Crippen molar-refractivity contribution in [3.63, 3.8) is 0 Å². The molecule has 60 valence electrons. The molecule has 12 heavy (non-hydrogen) atoms. The molecular weight excluding hydrogens is 144 g/mol. The molecule has 0 unspecified atom stereocenters. The van der Waals surface area contributed by atoms with E-state index in [4.69, 9.17) is 0 Å². The van der Waals surface area contributed by atoms with Crippen LogP contribution in [0.5, 0.6) is 0 Å². The van der Waals surface area contributed by atoms with E-state index in [1.54, 1.807) is 6.08 Å². The first-order valence-corrected chi connectivity index (χ1v) is 3.87.